The van der Waals surface area contributed by atoms with Gasteiger partial charge in [-0.1, -0.05) is 18.2 Å². The normalized spacial score (nSPS) is 20.5. The summed E-state index contributed by atoms with van der Waals surface area (Å²) in [5, 5.41) is 3.43. The lowest BCUT2D eigenvalue weighted by Gasteiger charge is -2.12. The van der Waals surface area contributed by atoms with Gasteiger partial charge in [-0.2, -0.15) is 0 Å². The molecule has 0 bridgehead atoms. The zero-order chi connectivity index (χ0) is 12.1. The highest BCUT2D eigenvalue weighted by molar-refractivity contribution is 5.70. The van der Waals surface area contributed by atoms with Crippen molar-refractivity contribution in [1.82, 2.24) is 10.2 Å². The molecule has 3 nitrogen and oxygen atoms in total. The lowest BCUT2D eigenvalue weighted by Crippen LogP contribution is -2.22. The van der Waals surface area contributed by atoms with Gasteiger partial charge >= 0.3 is 0 Å². The fourth-order valence-electron chi connectivity index (χ4n) is 2.12. The van der Waals surface area contributed by atoms with Gasteiger partial charge in [0.1, 0.15) is 0 Å². The van der Waals surface area contributed by atoms with Gasteiger partial charge in [0.05, 0.1) is 5.69 Å². The van der Waals surface area contributed by atoms with Crippen molar-refractivity contribution in [2.45, 2.75) is 25.4 Å². The van der Waals surface area contributed by atoms with E-state index in [1.807, 2.05) is 6.07 Å². The molecule has 0 amide bonds. The molecule has 1 unspecified atom stereocenters. The van der Waals surface area contributed by atoms with E-state index in [-0.39, 0.29) is 0 Å². The SMILES string of the molecule is CN(C)Cc1ccccc1N=CC1CCCN1. The van der Waals surface area contributed by atoms with E-state index in [2.05, 4.69) is 53.7 Å². The number of nitrogens with zero attached hydrogens (tertiary/aromatic N) is 2. The van der Waals surface area contributed by atoms with Crippen molar-refractivity contribution >= 4 is 11.9 Å². The standard InChI is InChI=1S/C14H21N3/c1-17(2)11-12-6-3-4-8-14(12)16-10-13-7-5-9-15-13/h3-4,6,8,10,13,15H,5,7,9,11H2,1-2H3. The van der Waals surface area contributed by atoms with E-state index < -0.39 is 0 Å². The number of nitrogens with one attached hydrogen (secondary N) is 1. The number of para-hydroxylation sites is 1. The molecular weight excluding hydrogens is 210 g/mol. The maximum absolute atomic E-state index is 4.63. The molecule has 1 aromatic rings. The van der Waals surface area contributed by atoms with Gasteiger partial charge < -0.3 is 10.2 Å². The third-order valence-corrected chi connectivity index (χ3v) is 2.97. The molecule has 1 heterocycles. The van der Waals surface area contributed by atoms with E-state index >= 15 is 0 Å². The first-order valence-corrected chi connectivity index (χ1v) is 6.26. The Morgan fingerprint density at radius 2 is 2.24 bits per heavy atom. The summed E-state index contributed by atoms with van der Waals surface area (Å²) in [5.41, 5.74) is 2.38. The molecule has 3 heteroatoms. The van der Waals surface area contributed by atoms with Gasteiger partial charge in [-0.25, -0.2) is 0 Å². The van der Waals surface area contributed by atoms with Crippen LogP contribution in [0.4, 0.5) is 5.69 Å². The zero-order valence-electron chi connectivity index (χ0n) is 10.7. The molecule has 0 aromatic heterocycles. The molecular formula is C14H21N3. The molecule has 17 heavy (non-hydrogen) atoms. The van der Waals surface area contributed by atoms with Crippen LogP contribution in [0.1, 0.15) is 18.4 Å². The quantitative estimate of drug-likeness (QED) is 0.804. The van der Waals surface area contributed by atoms with E-state index in [0.717, 1.165) is 18.8 Å². The van der Waals surface area contributed by atoms with Crippen molar-refractivity contribution in [1.29, 1.82) is 0 Å². The Bertz CT molecular complexity index is 379. The first-order valence-electron chi connectivity index (χ1n) is 6.26. The largest absolute Gasteiger partial charge is 0.309 e. The number of hydrogen-bond donors (Lipinski definition) is 1. The fraction of sp³-hybridized carbons (Fsp3) is 0.500. The topological polar surface area (TPSA) is 27.6 Å². The Morgan fingerprint density at radius 3 is 2.94 bits per heavy atom. The molecule has 1 aliphatic rings. The van der Waals surface area contributed by atoms with Crippen LogP contribution < -0.4 is 5.32 Å². The molecule has 1 fully saturated rings. The molecule has 1 N–H and O–H groups in total. The van der Waals surface area contributed by atoms with Crippen molar-refractivity contribution < 1.29 is 0 Å². The second-order valence-electron chi connectivity index (χ2n) is 4.85. The summed E-state index contributed by atoms with van der Waals surface area (Å²) in [7, 11) is 4.16. The van der Waals surface area contributed by atoms with E-state index in [1.165, 1.54) is 18.4 Å². The maximum Gasteiger partial charge on any atom is 0.0671 e. The second-order valence-corrected chi connectivity index (χ2v) is 4.85. The van der Waals surface area contributed by atoms with E-state index in [4.69, 9.17) is 0 Å². The lowest BCUT2D eigenvalue weighted by atomic mass is 10.1. The lowest BCUT2D eigenvalue weighted by molar-refractivity contribution is 0.403. The van der Waals surface area contributed by atoms with Crippen LogP contribution in [0.5, 0.6) is 0 Å². The van der Waals surface area contributed by atoms with Gasteiger partial charge in [-0.15, -0.1) is 0 Å². The minimum absolute atomic E-state index is 0.461. The minimum atomic E-state index is 0.461. The van der Waals surface area contributed by atoms with Crippen molar-refractivity contribution in [2.75, 3.05) is 20.6 Å². The summed E-state index contributed by atoms with van der Waals surface area (Å²) >= 11 is 0. The third-order valence-electron chi connectivity index (χ3n) is 2.97. The molecule has 0 radical (unpaired) electrons. The second kappa shape index (κ2) is 5.94. The van der Waals surface area contributed by atoms with Gasteiger partial charge in [0, 0.05) is 18.8 Å². The molecule has 0 saturated carbocycles. The van der Waals surface area contributed by atoms with Gasteiger partial charge in [0.15, 0.2) is 0 Å². The highest BCUT2D eigenvalue weighted by atomic mass is 15.1. The molecule has 1 saturated heterocycles. The van der Waals surface area contributed by atoms with Crippen molar-refractivity contribution in [3.8, 4) is 0 Å². The molecule has 0 spiro atoms. The summed E-state index contributed by atoms with van der Waals surface area (Å²) in [6.07, 6.45) is 4.52. The van der Waals surface area contributed by atoms with Crippen molar-refractivity contribution in [3.05, 3.63) is 29.8 Å². The van der Waals surface area contributed by atoms with Crippen LogP contribution in [-0.2, 0) is 6.54 Å². The zero-order valence-corrected chi connectivity index (χ0v) is 10.7. The first kappa shape index (κ1) is 12.3. The Hall–Kier alpha value is -1.19. The van der Waals surface area contributed by atoms with Gasteiger partial charge in [0.25, 0.3) is 0 Å². The van der Waals surface area contributed by atoms with E-state index in [9.17, 15) is 0 Å². The Labute approximate surface area is 104 Å². The van der Waals surface area contributed by atoms with Crippen molar-refractivity contribution in [2.24, 2.45) is 4.99 Å². The predicted molar refractivity (Wildman–Crippen MR) is 73.0 cm³/mol. The van der Waals surface area contributed by atoms with Gasteiger partial charge in [-0.3, -0.25) is 4.99 Å². The maximum atomic E-state index is 4.63. The molecule has 1 aromatic carbocycles. The average molecular weight is 231 g/mol. The Balaban J connectivity index is 2.08. The fourth-order valence-corrected chi connectivity index (χ4v) is 2.12. The van der Waals surface area contributed by atoms with Crippen LogP contribution in [0, 0.1) is 0 Å². The molecule has 2 rings (SSSR count). The number of benzene rings is 1. The Morgan fingerprint density at radius 1 is 1.41 bits per heavy atom. The minimum Gasteiger partial charge on any atom is -0.309 e. The van der Waals surface area contributed by atoms with Gasteiger partial charge in [-0.05, 0) is 45.1 Å². The van der Waals surface area contributed by atoms with Crippen LogP contribution in [0.3, 0.4) is 0 Å². The molecule has 0 aliphatic carbocycles. The highest BCUT2D eigenvalue weighted by Gasteiger charge is 2.11. The van der Waals surface area contributed by atoms with Gasteiger partial charge in [0.2, 0.25) is 0 Å². The van der Waals surface area contributed by atoms with Crippen molar-refractivity contribution in [3.63, 3.8) is 0 Å². The smallest absolute Gasteiger partial charge is 0.0671 e. The number of rotatable bonds is 4. The van der Waals surface area contributed by atoms with Crippen LogP contribution in [0.2, 0.25) is 0 Å². The van der Waals surface area contributed by atoms with Crippen LogP contribution in [0.15, 0.2) is 29.3 Å². The summed E-state index contributed by atoms with van der Waals surface area (Å²) in [5.74, 6) is 0. The summed E-state index contributed by atoms with van der Waals surface area (Å²) < 4.78 is 0. The summed E-state index contributed by atoms with van der Waals surface area (Å²) in [6, 6.07) is 8.82. The summed E-state index contributed by atoms with van der Waals surface area (Å²) in [4.78, 5) is 6.80. The number of aliphatic imine (C=N–C) groups is 1. The number of hydrogen-bond acceptors (Lipinski definition) is 3. The highest BCUT2D eigenvalue weighted by Crippen LogP contribution is 2.19. The van der Waals surface area contributed by atoms with E-state index in [1.54, 1.807) is 0 Å². The van der Waals surface area contributed by atoms with Crippen LogP contribution in [-0.4, -0.2) is 37.8 Å². The molecule has 1 aliphatic heterocycles. The molecule has 92 valence electrons. The Kier molecular flexibility index (Phi) is 4.29. The van der Waals surface area contributed by atoms with Crippen LogP contribution >= 0.6 is 0 Å². The molecule has 1 atom stereocenters. The predicted octanol–water partition coefficient (Wildman–Crippen LogP) is 2.20. The van der Waals surface area contributed by atoms with E-state index in [0.29, 0.717) is 6.04 Å². The first-order chi connectivity index (χ1) is 8.25. The van der Waals surface area contributed by atoms with Crippen LogP contribution in [0.25, 0.3) is 0 Å². The average Bonchev–Trinajstić information content (AvgIpc) is 2.80. The monoisotopic (exact) mass is 231 g/mol. The summed E-state index contributed by atoms with van der Waals surface area (Å²) in [6.45, 7) is 2.06. The third kappa shape index (κ3) is 3.65.